The third-order valence-electron chi connectivity index (χ3n) is 8.39. The number of esters is 1. The monoisotopic (exact) mass is 524 g/mol. The minimum Gasteiger partial charge on any atom is -0.462 e. The molecule has 218 valence electrons. The molecule has 0 radical (unpaired) electrons. The number of nitrogens with one attached hydrogen (secondary N) is 1. The molecule has 37 heavy (non-hydrogen) atoms. The fourth-order valence-corrected chi connectivity index (χ4v) is 6.31. The van der Waals surface area contributed by atoms with E-state index >= 15 is 0 Å². The average Bonchev–Trinajstić information content (AvgIpc) is 2.75. The molecule has 5 heteroatoms. The van der Waals surface area contributed by atoms with Crippen molar-refractivity contribution >= 4 is 5.97 Å². The maximum atomic E-state index is 11.4. The van der Waals surface area contributed by atoms with Gasteiger partial charge < -0.3 is 19.0 Å². The lowest BCUT2D eigenvalue weighted by atomic mass is 9.78. The normalized spacial score (nSPS) is 18.1. The summed E-state index contributed by atoms with van der Waals surface area (Å²) >= 11 is 0. The number of ether oxygens (including phenoxy) is 1. The van der Waals surface area contributed by atoms with Gasteiger partial charge in [-0.3, -0.25) is 0 Å². The van der Waals surface area contributed by atoms with Gasteiger partial charge in [0.25, 0.3) is 0 Å². The molecule has 0 spiro atoms. The van der Waals surface area contributed by atoms with E-state index in [9.17, 15) is 4.79 Å². The zero-order chi connectivity index (χ0) is 28.2. The Morgan fingerprint density at radius 2 is 1.16 bits per heavy atom. The number of carbonyl (C=O) groups is 1. The second kappa shape index (κ2) is 15.6. The van der Waals surface area contributed by atoms with Crippen LogP contribution in [0.2, 0.25) is 0 Å². The summed E-state index contributed by atoms with van der Waals surface area (Å²) in [6.07, 6.45) is 17.2. The molecule has 1 aliphatic rings. The van der Waals surface area contributed by atoms with E-state index in [4.69, 9.17) is 4.74 Å². The first-order chi connectivity index (χ1) is 17.1. The van der Waals surface area contributed by atoms with Crippen LogP contribution in [0.25, 0.3) is 0 Å². The van der Waals surface area contributed by atoms with Gasteiger partial charge in [0.1, 0.15) is 0 Å². The summed E-state index contributed by atoms with van der Waals surface area (Å²) in [5.41, 5.74) is 0.952. The summed E-state index contributed by atoms with van der Waals surface area (Å²) in [5.74, 6) is -0.269. The van der Waals surface area contributed by atoms with Crippen LogP contribution in [0.15, 0.2) is 12.2 Å². The second-order valence-electron chi connectivity index (χ2n) is 14.6. The highest BCUT2D eigenvalue weighted by Crippen LogP contribution is 2.33. The Bertz CT molecular complexity index is 666. The molecule has 1 N–H and O–H groups in total. The Balaban J connectivity index is 2.02. The van der Waals surface area contributed by atoms with Gasteiger partial charge in [-0.2, -0.15) is 0 Å². The molecular formula is C32H65N3O2+2. The Morgan fingerprint density at radius 1 is 0.757 bits per heavy atom. The lowest BCUT2D eigenvalue weighted by Crippen LogP contribution is -2.65. The fraction of sp³-hybridized carbons (Fsp3) is 0.906. The third-order valence-corrected chi connectivity index (χ3v) is 8.39. The summed E-state index contributed by atoms with van der Waals surface area (Å²) < 4.78 is 7.39. The maximum absolute atomic E-state index is 11.4. The summed E-state index contributed by atoms with van der Waals surface area (Å²) in [6, 6.07) is 0.752. The summed E-state index contributed by atoms with van der Waals surface area (Å²) in [7, 11) is 9.50. The van der Waals surface area contributed by atoms with E-state index < -0.39 is 0 Å². The molecule has 0 aliphatic carbocycles. The highest BCUT2D eigenvalue weighted by atomic mass is 16.5. The van der Waals surface area contributed by atoms with Crippen molar-refractivity contribution in [3.63, 3.8) is 0 Å². The lowest BCUT2D eigenvalue weighted by molar-refractivity contribution is -0.917. The van der Waals surface area contributed by atoms with Crippen LogP contribution >= 0.6 is 0 Å². The van der Waals surface area contributed by atoms with E-state index in [1.807, 2.05) is 0 Å². The van der Waals surface area contributed by atoms with Gasteiger partial charge in [0, 0.05) is 35.9 Å². The molecule has 1 saturated heterocycles. The summed E-state index contributed by atoms with van der Waals surface area (Å²) in [5, 5.41) is 3.84. The van der Waals surface area contributed by atoms with E-state index in [0.717, 1.165) is 23.5 Å². The predicted octanol–water partition coefficient (Wildman–Crippen LogP) is 6.86. The predicted molar refractivity (Wildman–Crippen MR) is 160 cm³/mol. The molecule has 0 aromatic carbocycles. The number of quaternary nitrogens is 2. The van der Waals surface area contributed by atoms with Crippen molar-refractivity contribution in [2.24, 2.45) is 0 Å². The van der Waals surface area contributed by atoms with Crippen molar-refractivity contribution in [2.45, 2.75) is 135 Å². The van der Waals surface area contributed by atoms with Gasteiger partial charge in [0.15, 0.2) is 0 Å². The van der Waals surface area contributed by atoms with E-state index in [2.05, 4.69) is 67.8 Å². The SMILES string of the molecule is C=C(C)C(=O)OCCC[N+](C)(C)CCCCCCCCCCCC[N+](C)(C)C1CC(C)(C)NC(C)(C)C1. The van der Waals surface area contributed by atoms with Crippen LogP contribution in [-0.2, 0) is 9.53 Å². The molecule has 0 aromatic heterocycles. The van der Waals surface area contributed by atoms with Crippen molar-refractivity contribution < 1.29 is 18.5 Å². The lowest BCUT2D eigenvalue weighted by Gasteiger charge is -2.51. The minimum absolute atomic E-state index is 0.236. The van der Waals surface area contributed by atoms with Crippen LogP contribution in [0, 0.1) is 0 Å². The molecule has 1 heterocycles. The number of hydrogen-bond acceptors (Lipinski definition) is 3. The molecule has 1 fully saturated rings. The van der Waals surface area contributed by atoms with Gasteiger partial charge in [-0.05, 0) is 60.3 Å². The van der Waals surface area contributed by atoms with Crippen LogP contribution in [0.3, 0.4) is 0 Å². The Morgan fingerprint density at radius 3 is 1.62 bits per heavy atom. The van der Waals surface area contributed by atoms with E-state index in [0.29, 0.717) is 12.2 Å². The highest BCUT2D eigenvalue weighted by Gasteiger charge is 2.44. The first-order valence-corrected chi connectivity index (χ1v) is 15.3. The van der Waals surface area contributed by atoms with Crippen LogP contribution in [-0.4, -0.2) is 86.5 Å². The number of nitrogens with zero attached hydrogens (tertiary/aromatic N) is 2. The van der Waals surface area contributed by atoms with Crippen LogP contribution in [0.5, 0.6) is 0 Å². The molecule has 0 unspecified atom stereocenters. The van der Waals surface area contributed by atoms with Crippen LogP contribution in [0.4, 0.5) is 0 Å². The molecule has 0 saturated carbocycles. The zero-order valence-electron chi connectivity index (χ0n) is 26.5. The van der Waals surface area contributed by atoms with Gasteiger partial charge in [-0.25, -0.2) is 4.79 Å². The number of hydrogen-bond donors (Lipinski definition) is 1. The highest BCUT2D eigenvalue weighted by molar-refractivity contribution is 5.86. The van der Waals surface area contributed by atoms with Gasteiger partial charge in [0.05, 0.1) is 60.5 Å². The molecule has 0 bridgehead atoms. The van der Waals surface area contributed by atoms with Gasteiger partial charge in [0.2, 0.25) is 0 Å². The van der Waals surface area contributed by atoms with Gasteiger partial charge >= 0.3 is 5.97 Å². The van der Waals surface area contributed by atoms with Gasteiger partial charge in [-0.15, -0.1) is 0 Å². The second-order valence-corrected chi connectivity index (χ2v) is 14.6. The zero-order valence-corrected chi connectivity index (χ0v) is 26.5. The molecule has 1 rings (SSSR count). The van der Waals surface area contributed by atoms with Crippen molar-refractivity contribution in [3.8, 4) is 0 Å². The van der Waals surface area contributed by atoms with E-state index in [-0.39, 0.29) is 17.0 Å². The fourth-order valence-electron chi connectivity index (χ4n) is 6.31. The Labute approximate surface area is 231 Å². The van der Waals surface area contributed by atoms with Gasteiger partial charge in [-0.1, -0.05) is 45.1 Å². The minimum atomic E-state index is -0.269. The summed E-state index contributed by atoms with van der Waals surface area (Å²) in [6.45, 7) is 18.9. The van der Waals surface area contributed by atoms with Crippen molar-refractivity contribution in [1.82, 2.24) is 5.32 Å². The molecule has 1 aliphatic heterocycles. The van der Waals surface area contributed by atoms with Crippen LogP contribution < -0.4 is 5.32 Å². The van der Waals surface area contributed by atoms with Crippen molar-refractivity contribution in [3.05, 3.63) is 12.2 Å². The largest absolute Gasteiger partial charge is 0.462 e. The number of unbranched alkanes of at least 4 members (excludes halogenated alkanes) is 9. The average molecular weight is 524 g/mol. The van der Waals surface area contributed by atoms with E-state index in [1.54, 1.807) is 6.92 Å². The third kappa shape index (κ3) is 15.3. The molecule has 0 amide bonds. The number of carbonyl (C=O) groups excluding carboxylic acids is 1. The van der Waals surface area contributed by atoms with E-state index in [1.165, 1.54) is 94.6 Å². The molecular weight excluding hydrogens is 458 g/mol. The topological polar surface area (TPSA) is 38.3 Å². The molecule has 0 aromatic rings. The molecule has 5 nitrogen and oxygen atoms in total. The smallest absolute Gasteiger partial charge is 0.333 e. The quantitative estimate of drug-likeness (QED) is 0.0870. The van der Waals surface area contributed by atoms with Crippen LogP contribution in [0.1, 0.15) is 118 Å². The first kappa shape index (κ1) is 34.1. The van der Waals surface area contributed by atoms with Crippen molar-refractivity contribution in [2.75, 3.05) is 54.4 Å². The van der Waals surface area contributed by atoms with Crippen molar-refractivity contribution in [1.29, 1.82) is 0 Å². The first-order valence-electron chi connectivity index (χ1n) is 15.3. The Hall–Kier alpha value is -0.910. The molecule has 0 atom stereocenters. The summed E-state index contributed by atoms with van der Waals surface area (Å²) in [4.78, 5) is 11.4. The standard InChI is InChI=1S/C32H65N3O2/c1-28(2)30(36)37-25-21-23-34(7,8)22-19-17-15-13-11-12-14-16-18-20-24-35(9,10)29-26-31(3,4)33-32(5,6)27-29/h29,33H,1,11-27H2,2-10H3/q+2. The Kier molecular flexibility index (Phi) is 14.4. The number of piperidine rings is 1. The maximum Gasteiger partial charge on any atom is 0.333 e. The number of rotatable bonds is 19.